The predicted molar refractivity (Wildman–Crippen MR) is 70.2 cm³/mol. The molecule has 103 valence electrons. The molecule has 0 spiro atoms. The van der Waals surface area contributed by atoms with Crippen LogP contribution < -0.4 is 4.74 Å². The second kappa shape index (κ2) is 7.14. The molecule has 1 aromatic rings. The van der Waals surface area contributed by atoms with Crippen LogP contribution in [0.25, 0.3) is 5.70 Å². The zero-order valence-electron chi connectivity index (χ0n) is 11.4. The molecule has 0 amide bonds. The number of allylic oxidation sites excluding steroid dienone is 3. The summed E-state index contributed by atoms with van der Waals surface area (Å²) in [6, 6.07) is 2.31. The van der Waals surface area contributed by atoms with Crippen molar-refractivity contribution in [2.45, 2.75) is 6.92 Å². The fraction of sp³-hybridized carbons (Fsp3) is 0.200. The van der Waals surface area contributed by atoms with Gasteiger partial charge in [0, 0.05) is 51.4 Å². The molecular formula is C15H14F2NOY-. The minimum atomic E-state index is -0.680. The first-order valence-corrected chi connectivity index (χ1v) is 5.88. The Bertz CT molecular complexity index is 558. The van der Waals surface area contributed by atoms with Crippen LogP contribution in [-0.4, -0.2) is 18.6 Å². The van der Waals surface area contributed by atoms with Crippen LogP contribution in [0.5, 0.6) is 5.75 Å². The molecule has 0 fully saturated rings. The van der Waals surface area contributed by atoms with E-state index in [1.54, 1.807) is 17.1 Å². The van der Waals surface area contributed by atoms with Crippen LogP contribution in [0.3, 0.4) is 0 Å². The Morgan fingerprint density at radius 3 is 2.40 bits per heavy atom. The van der Waals surface area contributed by atoms with Gasteiger partial charge >= 0.3 is 0 Å². The average molecular weight is 351 g/mol. The molecule has 1 heterocycles. The molecular weight excluding hydrogens is 337 g/mol. The number of nitrogens with zero attached hydrogens (tertiary/aromatic N) is 1. The standard InChI is InChI=1S/C15H14F2NO.Y/c1-4-18-10(2)6-5-7-14(18)15-12(16)8-11(19-3)9-13(15)17;/h5-6,8-9H,2,4H2,1,3H3;/q-1;. The largest absolute Gasteiger partial charge is 0.497 e. The number of ether oxygens (including phenoxy) is 1. The summed E-state index contributed by atoms with van der Waals surface area (Å²) in [5.74, 6) is -1.21. The summed E-state index contributed by atoms with van der Waals surface area (Å²) in [5.41, 5.74) is 0.895. The fourth-order valence-electron chi connectivity index (χ4n) is 1.99. The second-order valence-corrected chi connectivity index (χ2v) is 4.03. The molecule has 1 aliphatic rings. The molecule has 20 heavy (non-hydrogen) atoms. The fourth-order valence-corrected chi connectivity index (χ4v) is 1.99. The van der Waals surface area contributed by atoms with Crippen molar-refractivity contribution < 1.29 is 46.2 Å². The van der Waals surface area contributed by atoms with Crippen LogP contribution in [0.1, 0.15) is 12.5 Å². The van der Waals surface area contributed by atoms with Crippen molar-refractivity contribution >= 4 is 5.70 Å². The topological polar surface area (TPSA) is 12.5 Å². The third kappa shape index (κ3) is 3.18. The Labute approximate surface area is 142 Å². The van der Waals surface area contributed by atoms with Gasteiger partial charge in [0.1, 0.15) is 5.75 Å². The van der Waals surface area contributed by atoms with Gasteiger partial charge in [0.2, 0.25) is 0 Å². The van der Waals surface area contributed by atoms with E-state index in [4.69, 9.17) is 4.74 Å². The van der Waals surface area contributed by atoms with Crippen molar-refractivity contribution in [1.29, 1.82) is 0 Å². The van der Waals surface area contributed by atoms with Gasteiger partial charge in [-0.2, -0.15) is 12.2 Å². The number of halogens is 2. The maximum absolute atomic E-state index is 14.1. The van der Waals surface area contributed by atoms with E-state index in [9.17, 15) is 8.78 Å². The zero-order valence-corrected chi connectivity index (χ0v) is 14.3. The number of methoxy groups -OCH3 is 1. The van der Waals surface area contributed by atoms with Gasteiger partial charge in [0.05, 0.1) is 18.7 Å². The molecule has 0 aromatic heterocycles. The first-order chi connectivity index (χ1) is 9.08. The molecule has 5 heteroatoms. The summed E-state index contributed by atoms with van der Waals surface area (Å²) in [6.45, 7) is 6.28. The molecule has 0 saturated heterocycles. The van der Waals surface area contributed by atoms with Gasteiger partial charge < -0.3 is 9.64 Å². The summed E-state index contributed by atoms with van der Waals surface area (Å²) in [4.78, 5) is 1.70. The van der Waals surface area contributed by atoms with Gasteiger partial charge in [-0.1, -0.05) is 12.3 Å². The Kier molecular flexibility index (Phi) is 6.09. The summed E-state index contributed by atoms with van der Waals surface area (Å²) in [7, 11) is 1.36. The third-order valence-corrected chi connectivity index (χ3v) is 2.92. The molecule has 0 saturated carbocycles. The zero-order chi connectivity index (χ0) is 14.0. The van der Waals surface area contributed by atoms with E-state index in [0.717, 1.165) is 12.1 Å². The Morgan fingerprint density at radius 2 is 1.90 bits per heavy atom. The summed E-state index contributed by atoms with van der Waals surface area (Å²) >= 11 is 0. The number of benzene rings is 1. The maximum Gasteiger partial charge on any atom is 0.122 e. The predicted octanol–water partition coefficient (Wildman–Crippen LogP) is 3.52. The first kappa shape index (κ1) is 17.1. The summed E-state index contributed by atoms with van der Waals surface area (Å²) in [5, 5.41) is 0. The summed E-state index contributed by atoms with van der Waals surface area (Å²) < 4.78 is 33.0. The maximum atomic E-state index is 14.1. The van der Waals surface area contributed by atoms with Gasteiger partial charge in [-0.15, -0.1) is 6.08 Å². The van der Waals surface area contributed by atoms with Crippen LogP contribution in [0.2, 0.25) is 0 Å². The smallest absolute Gasteiger partial charge is 0.122 e. The van der Waals surface area contributed by atoms with Crippen molar-refractivity contribution in [2.24, 2.45) is 0 Å². The van der Waals surface area contributed by atoms with Crippen molar-refractivity contribution in [1.82, 2.24) is 4.90 Å². The van der Waals surface area contributed by atoms with Crippen molar-refractivity contribution in [2.75, 3.05) is 13.7 Å². The van der Waals surface area contributed by atoms with Gasteiger partial charge in [-0.05, 0) is 18.2 Å². The van der Waals surface area contributed by atoms with E-state index in [1.807, 2.05) is 6.92 Å². The molecule has 1 aromatic carbocycles. The minimum Gasteiger partial charge on any atom is -0.497 e. The molecule has 1 radical (unpaired) electrons. The SMILES string of the molecule is C=C1C=C[C-]=C(c2c(F)cc(OC)cc2F)N1CC.[Y]. The molecule has 2 rings (SSSR count). The number of likely N-dealkylation sites (N-methyl/N-ethyl adjacent to an activating group) is 1. The summed E-state index contributed by atoms with van der Waals surface area (Å²) in [6.07, 6.45) is 6.21. The van der Waals surface area contributed by atoms with Crippen LogP contribution >= 0.6 is 0 Å². The van der Waals surface area contributed by atoms with Gasteiger partial charge in [0.15, 0.2) is 0 Å². The quantitative estimate of drug-likeness (QED) is 0.773. The van der Waals surface area contributed by atoms with E-state index in [0.29, 0.717) is 17.9 Å². The Balaban J connectivity index is 0.00000200. The molecule has 2 nitrogen and oxygen atoms in total. The second-order valence-electron chi connectivity index (χ2n) is 4.03. The number of rotatable bonds is 3. The van der Waals surface area contributed by atoms with Crippen LogP contribution in [-0.2, 0) is 32.7 Å². The molecule has 0 aliphatic carbocycles. The van der Waals surface area contributed by atoms with Crippen molar-refractivity contribution in [3.63, 3.8) is 0 Å². The van der Waals surface area contributed by atoms with Crippen LogP contribution in [0.15, 0.2) is 36.6 Å². The van der Waals surface area contributed by atoms with E-state index < -0.39 is 11.6 Å². The van der Waals surface area contributed by atoms with Crippen LogP contribution in [0, 0.1) is 17.7 Å². The van der Waals surface area contributed by atoms with Crippen LogP contribution in [0.4, 0.5) is 8.78 Å². The normalized spacial score (nSPS) is 13.9. The third-order valence-electron chi connectivity index (χ3n) is 2.92. The van der Waals surface area contributed by atoms with E-state index in [1.165, 1.54) is 7.11 Å². The first-order valence-electron chi connectivity index (χ1n) is 5.88. The monoisotopic (exact) mass is 351 g/mol. The minimum absolute atomic E-state index is 0. The Morgan fingerprint density at radius 1 is 1.30 bits per heavy atom. The number of hydrogen-bond donors (Lipinski definition) is 0. The molecule has 0 unspecified atom stereocenters. The molecule has 0 bridgehead atoms. The van der Waals surface area contributed by atoms with Gasteiger partial charge in [-0.3, -0.25) is 0 Å². The van der Waals surface area contributed by atoms with E-state index >= 15 is 0 Å². The van der Waals surface area contributed by atoms with E-state index in [2.05, 4.69) is 12.7 Å². The average Bonchev–Trinajstić information content (AvgIpc) is 2.38. The van der Waals surface area contributed by atoms with Gasteiger partial charge in [-0.25, -0.2) is 8.78 Å². The molecule has 0 atom stereocenters. The van der Waals surface area contributed by atoms with Crippen molar-refractivity contribution in [3.05, 3.63) is 59.8 Å². The molecule has 0 N–H and O–H groups in total. The molecule has 1 aliphatic heterocycles. The van der Waals surface area contributed by atoms with Gasteiger partial charge in [0.25, 0.3) is 0 Å². The van der Waals surface area contributed by atoms with E-state index in [-0.39, 0.29) is 44.0 Å². The Hall–Kier alpha value is -0.996. The number of hydrogen-bond acceptors (Lipinski definition) is 2. The van der Waals surface area contributed by atoms with Crippen molar-refractivity contribution in [3.8, 4) is 5.75 Å².